The highest BCUT2D eigenvalue weighted by Crippen LogP contribution is 2.23. The summed E-state index contributed by atoms with van der Waals surface area (Å²) < 4.78 is 13.2. The Morgan fingerprint density at radius 2 is 2.21 bits per heavy atom. The van der Waals surface area contributed by atoms with Gasteiger partial charge in [-0.15, -0.1) is 0 Å². The highest BCUT2D eigenvalue weighted by Gasteiger charge is 2.04. The van der Waals surface area contributed by atoms with Gasteiger partial charge in [0.1, 0.15) is 12.1 Å². The smallest absolute Gasteiger partial charge is 0.193 e. The van der Waals surface area contributed by atoms with Crippen LogP contribution in [0.15, 0.2) is 18.2 Å². The van der Waals surface area contributed by atoms with Crippen LogP contribution in [0.4, 0.5) is 10.1 Å². The topological polar surface area (TPSA) is 21.4 Å². The Morgan fingerprint density at radius 3 is 2.79 bits per heavy atom. The molecule has 0 aromatic heterocycles. The number of hydrogen-bond donors (Lipinski definition) is 0. The van der Waals surface area contributed by atoms with Crippen LogP contribution < -0.4 is 0 Å². The molecule has 0 fully saturated rings. The van der Waals surface area contributed by atoms with Crippen LogP contribution in [0, 0.1) is 19.3 Å². The third kappa shape index (κ3) is 2.05. The van der Waals surface area contributed by atoms with Gasteiger partial charge in [0.25, 0.3) is 0 Å². The van der Waals surface area contributed by atoms with Crippen molar-refractivity contribution in [3.8, 4) is 0 Å². The van der Waals surface area contributed by atoms with E-state index in [0.717, 1.165) is 0 Å². The van der Waals surface area contributed by atoms with Gasteiger partial charge in [-0.25, -0.2) is 9.24 Å². The molecule has 14 heavy (non-hydrogen) atoms. The number of carbonyl (C=O) groups excluding carboxylic acids is 1. The molecule has 0 amide bonds. The van der Waals surface area contributed by atoms with Gasteiger partial charge in [0.2, 0.25) is 0 Å². The third-order valence-corrected chi connectivity index (χ3v) is 1.83. The second kappa shape index (κ2) is 4.33. The number of rotatable bonds is 2. The number of benzene rings is 1. The average molecular weight is 189 g/mol. The molecule has 0 spiro atoms. The second-order valence-corrected chi connectivity index (χ2v) is 2.75. The predicted octanol–water partition coefficient (Wildman–Crippen LogP) is 2.90. The molecule has 0 bridgehead atoms. The lowest BCUT2D eigenvalue weighted by Gasteiger charge is -2.01. The van der Waals surface area contributed by atoms with E-state index in [2.05, 4.69) is 4.85 Å². The Balaban J connectivity index is 3.24. The normalized spacial score (nSPS) is 10.1. The Kier molecular flexibility index (Phi) is 3.14. The van der Waals surface area contributed by atoms with Crippen LogP contribution in [0.1, 0.15) is 11.1 Å². The summed E-state index contributed by atoms with van der Waals surface area (Å²) in [5.41, 5.74) is 1.13. The zero-order valence-electron chi connectivity index (χ0n) is 7.62. The van der Waals surface area contributed by atoms with Crippen LogP contribution >= 0.6 is 0 Å². The monoisotopic (exact) mass is 189 g/mol. The molecule has 1 aromatic rings. The first-order valence-electron chi connectivity index (χ1n) is 3.98. The van der Waals surface area contributed by atoms with Crippen molar-refractivity contribution in [3.63, 3.8) is 0 Å². The van der Waals surface area contributed by atoms with Gasteiger partial charge in [-0.3, -0.25) is 4.79 Å². The number of aldehydes is 1. The van der Waals surface area contributed by atoms with Crippen LogP contribution in [-0.4, -0.2) is 6.29 Å². The summed E-state index contributed by atoms with van der Waals surface area (Å²) in [6.45, 7) is 8.37. The van der Waals surface area contributed by atoms with Crippen LogP contribution in [0.5, 0.6) is 0 Å². The predicted molar refractivity (Wildman–Crippen MR) is 52.5 cm³/mol. The quantitative estimate of drug-likeness (QED) is 0.398. The summed E-state index contributed by atoms with van der Waals surface area (Å²) in [5.74, 6) is -0.427. The Hall–Kier alpha value is -1.95. The maximum absolute atomic E-state index is 13.2. The maximum Gasteiger partial charge on any atom is 0.193 e. The number of nitrogens with zero attached hydrogens (tertiary/aromatic N) is 1. The van der Waals surface area contributed by atoms with Crippen molar-refractivity contribution < 1.29 is 9.18 Å². The van der Waals surface area contributed by atoms with Crippen LogP contribution in [0.25, 0.3) is 10.9 Å². The van der Waals surface area contributed by atoms with Crippen molar-refractivity contribution in [3.05, 3.63) is 46.6 Å². The van der Waals surface area contributed by atoms with Crippen molar-refractivity contribution in [2.45, 2.75) is 6.92 Å². The Labute approximate surface area is 81.5 Å². The van der Waals surface area contributed by atoms with Crippen molar-refractivity contribution in [1.29, 1.82) is 0 Å². The fourth-order valence-corrected chi connectivity index (χ4v) is 1.05. The van der Waals surface area contributed by atoms with E-state index in [1.54, 1.807) is 13.0 Å². The first-order chi connectivity index (χ1) is 6.69. The largest absolute Gasteiger partial charge is 0.299 e. The highest BCUT2D eigenvalue weighted by atomic mass is 19.1. The summed E-state index contributed by atoms with van der Waals surface area (Å²) in [5, 5.41) is 0. The minimum absolute atomic E-state index is 0.274. The van der Waals surface area contributed by atoms with Gasteiger partial charge in [0, 0.05) is 0 Å². The van der Waals surface area contributed by atoms with Gasteiger partial charge < -0.3 is 0 Å². The Bertz CT molecular complexity index is 430. The molecule has 0 aliphatic carbocycles. The molecule has 0 aliphatic rings. The van der Waals surface area contributed by atoms with Crippen LogP contribution in [0.2, 0.25) is 0 Å². The molecule has 0 unspecified atom stereocenters. The fraction of sp³-hybridized carbons (Fsp3) is 0.0909. The van der Waals surface area contributed by atoms with E-state index in [1.165, 1.54) is 18.2 Å². The first-order valence-corrected chi connectivity index (χ1v) is 3.98. The van der Waals surface area contributed by atoms with Gasteiger partial charge >= 0.3 is 0 Å². The van der Waals surface area contributed by atoms with E-state index in [1.807, 2.05) is 0 Å². The number of hydrogen-bond acceptors (Lipinski definition) is 1. The molecule has 0 N–H and O–H groups in total. The van der Waals surface area contributed by atoms with E-state index < -0.39 is 5.82 Å². The van der Waals surface area contributed by atoms with Gasteiger partial charge in [-0.05, 0) is 36.3 Å². The molecule has 1 rings (SSSR count). The zero-order valence-corrected chi connectivity index (χ0v) is 7.62. The maximum atomic E-state index is 13.2. The van der Waals surface area contributed by atoms with Gasteiger partial charge in [0.05, 0.1) is 6.57 Å². The standard InChI is InChI=1S/C11H8FNO/c1-8-10(12)6-9(4-3-5-14)7-11(8)13-2/h3-7H,1H3/b4-3+. The van der Waals surface area contributed by atoms with Crippen LogP contribution in [-0.2, 0) is 4.79 Å². The van der Waals surface area contributed by atoms with Gasteiger partial charge in [-0.2, -0.15) is 0 Å². The molecule has 70 valence electrons. The summed E-state index contributed by atoms with van der Waals surface area (Å²) in [7, 11) is 0. The molecule has 1 aromatic carbocycles. The lowest BCUT2D eigenvalue weighted by molar-refractivity contribution is -0.104. The lowest BCUT2D eigenvalue weighted by Crippen LogP contribution is -1.84. The molecular formula is C11H8FNO. The summed E-state index contributed by atoms with van der Waals surface area (Å²) in [6, 6.07) is 2.84. The molecule has 0 atom stereocenters. The van der Waals surface area contributed by atoms with Crippen molar-refractivity contribution in [2.75, 3.05) is 0 Å². The van der Waals surface area contributed by atoms with Crippen molar-refractivity contribution in [1.82, 2.24) is 0 Å². The van der Waals surface area contributed by atoms with Crippen molar-refractivity contribution >= 4 is 18.0 Å². The van der Waals surface area contributed by atoms with E-state index in [0.29, 0.717) is 17.4 Å². The van der Waals surface area contributed by atoms with Gasteiger partial charge in [-0.1, -0.05) is 6.08 Å². The van der Waals surface area contributed by atoms with Crippen LogP contribution in [0.3, 0.4) is 0 Å². The molecular weight excluding hydrogens is 181 g/mol. The van der Waals surface area contributed by atoms with E-state index in [4.69, 9.17) is 6.57 Å². The molecule has 0 radical (unpaired) electrons. The van der Waals surface area contributed by atoms with Crippen molar-refractivity contribution in [2.24, 2.45) is 0 Å². The minimum atomic E-state index is -0.427. The molecule has 2 nitrogen and oxygen atoms in total. The number of halogens is 1. The Morgan fingerprint density at radius 1 is 1.50 bits per heavy atom. The fourth-order valence-electron chi connectivity index (χ4n) is 1.05. The van der Waals surface area contributed by atoms with Gasteiger partial charge in [0.15, 0.2) is 5.69 Å². The molecule has 0 aliphatic heterocycles. The average Bonchev–Trinajstić information content (AvgIpc) is 2.19. The van der Waals surface area contributed by atoms with E-state index in [9.17, 15) is 9.18 Å². The zero-order chi connectivity index (χ0) is 10.6. The second-order valence-electron chi connectivity index (χ2n) is 2.75. The van der Waals surface area contributed by atoms with E-state index >= 15 is 0 Å². The van der Waals surface area contributed by atoms with E-state index in [-0.39, 0.29) is 5.69 Å². The molecule has 0 heterocycles. The molecule has 3 heteroatoms. The number of carbonyl (C=O) groups is 1. The summed E-state index contributed by atoms with van der Waals surface area (Å²) >= 11 is 0. The summed E-state index contributed by atoms with van der Waals surface area (Å²) in [4.78, 5) is 13.2. The third-order valence-electron chi connectivity index (χ3n) is 1.83. The molecule has 0 saturated carbocycles. The highest BCUT2D eigenvalue weighted by molar-refractivity contribution is 5.75. The first kappa shape index (κ1) is 10.1. The SMILES string of the molecule is [C-]#[N+]c1cc(/C=C/C=O)cc(F)c1C. The summed E-state index contributed by atoms with van der Waals surface area (Å²) in [6.07, 6.45) is 3.33. The number of allylic oxidation sites excluding steroid dienone is 1. The minimum Gasteiger partial charge on any atom is -0.299 e. The lowest BCUT2D eigenvalue weighted by atomic mass is 10.1. The molecule has 0 saturated heterocycles.